The zero-order valence-corrected chi connectivity index (χ0v) is 28.2. The molecule has 0 radical (unpaired) electrons. The minimum Gasteiger partial charge on any atom is -0.208 e. The molecule has 0 fully saturated rings. The third kappa shape index (κ3) is 5.19. The number of fused-ring (bicyclic) bond motifs is 5. The average Bonchev–Trinajstić information content (AvgIpc) is 3.23. The summed E-state index contributed by atoms with van der Waals surface area (Å²) in [5.41, 5.74) is 7.51. The second-order valence-corrected chi connectivity index (χ2v) is 13.2. The number of hydrogen-bond donors (Lipinski definition) is 0. The molecule has 1 heterocycles. The molecule has 0 aliphatic carbocycles. The molecule has 3 nitrogen and oxygen atoms in total. The van der Waals surface area contributed by atoms with Crippen molar-refractivity contribution in [1.29, 1.82) is 0 Å². The van der Waals surface area contributed by atoms with E-state index in [-0.39, 0.29) is 0 Å². The molecule has 0 unspecified atom stereocenters. The fraction of sp³-hybridized carbons (Fsp3) is 0. The quantitative estimate of drug-likeness (QED) is 0.172. The Morgan fingerprint density at radius 1 is 0.231 bits per heavy atom. The lowest BCUT2D eigenvalue weighted by atomic mass is 9.92. The first-order chi connectivity index (χ1) is 25.8. The molecule has 0 saturated carbocycles. The molecule has 0 saturated heterocycles. The van der Waals surface area contributed by atoms with Crippen LogP contribution in [-0.2, 0) is 0 Å². The highest BCUT2D eigenvalue weighted by Gasteiger charge is 2.18. The highest BCUT2D eigenvalue weighted by atomic mass is 15.0. The Balaban J connectivity index is 1.18. The Morgan fingerprint density at radius 3 is 1.50 bits per heavy atom. The molecule has 0 amide bonds. The van der Waals surface area contributed by atoms with Crippen LogP contribution in [0.5, 0.6) is 0 Å². The molecule has 0 bridgehead atoms. The van der Waals surface area contributed by atoms with Crippen LogP contribution in [0.15, 0.2) is 188 Å². The molecular weight excluding hydrogens is 631 g/mol. The second kappa shape index (κ2) is 12.4. The lowest BCUT2D eigenvalue weighted by Crippen LogP contribution is -2.01. The van der Waals surface area contributed by atoms with Crippen LogP contribution in [0, 0.1) is 0 Å². The van der Waals surface area contributed by atoms with Crippen molar-refractivity contribution >= 4 is 43.1 Å². The Hall–Kier alpha value is -6.97. The number of rotatable bonds is 5. The van der Waals surface area contributed by atoms with Gasteiger partial charge in [0.05, 0.1) is 0 Å². The lowest BCUT2D eigenvalue weighted by molar-refractivity contribution is 1.08. The van der Waals surface area contributed by atoms with E-state index in [0.29, 0.717) is 17.5 Å². The van der Waals surface area contributed by atoms with E-state index in [2.05, 4.69) is 164 Å². The van der Waals surface area contributed by atoms with E-state index in [1.54, 1.807) is 0 Å². The van der Waals surface area contributed by atoms with Crippen molar-refractivity contribution < 1.29 is 0 Å². The van der Waals surface area contributed by atoms with Gasteiger partial charge in [-0.2, -0.15) is 0 Å². The molecule has 10 aromatic rings. The van der Waals surface area contributed by atoms with Gasteiger partial charge in [0, 0.05) is 16.7 Å². The van der Waals surface area contributed by atoms with Crippen LogP contribution in [0.3, 0.4) is 0 Å². The smallest absolute Gasteiger partial charge is 0.164 e. The highest BCUT2D eigenvalue weighted by Crippen LogP contribution is 2.39. The Kier molecular flexibility index (Phi) is 7.14. The Bertz CT molecular complexity index is 2950. The number of hydrogen-bond acceptors (Lipinski definition) is 3. The molecule has 9 aromatic carbocycles. The highest BCUT2D eigenvalue weighted by molar-refractivity contribution is 6.10. The van der Waals surface area contributed by atoms with Gasteiger partial charge in [0.2, 0.25) is 0 Å². The fourth-order valence-corrected chi connectivity index (χ4v) is 7.55. The summed E-state index contributed by atoms with van der Waals surface area (Å²) < 4.78 is 0. The van der Waals surface area contributed by atoms with E-state index in [4.69, 9.17) is 15.0 Å². The summed E-state index contributed by atoms with van der Waals surface area (Å²) in [5, 5.41) is 9.50. The first-order valence-electron chi connectivity index (χ1n) is 17.6. The van der Waals surface area contributed by atoms with E-state index in [1.807, 2.05) is 24.3 Å². The molecular formula is C49H31N3. The van der Waals surface area contributed by atoms with Gasteiger partial charge in [-0.25, -0.2) is 15.0 Å². The van der Waals surface area contributed by atoms with Crippen molar-refractivity contribution in [3.05, 3.63) is 188 Å². The molecule has 0 atom stereocenters. The summed E-state index contributed by atoms with van der Waals surface area (Å²) in [6.07, 6.45) is 0. The molecule has 0 aliphatic heterocycles. The van der Waals surface area contributed by atoms with Gasteiger partial charge in [-0.15, -0.1) is 0 Å². The number of aromatic nitrogens is 3. The lowest BCUT2D eigenvalue weighted by Gasteiger charge is -2.15. The van der Waals surface area contributed by atoms with E-state index < -0.39 is 0 Å². The molecule has 0 aliphatic rings. The van der Waals surface area contributed by atoms with Gasteiger partial charge in [0.15, 0.2) is 17.5 Å². The third-order valence-corrected chi connectivity index (χ3v) is 10.1. The molecule has 10 rings (SSSR count). The average molecular weight is 662 g/mol. The van der Waals surface area contributed by atoms with Crippen molar-refractivity contribution in [2.45, 2.75) is 0 Å². The third-order valence-electron chi connectivity index (χ3n) is 10.1. The van der Waals surface area contributed by atoms with Gasteiger partial charge in [0.1, 0.15) is 0 Å². The second-order valence-electron chi connectivity index (χ2n) is 13.2. The summed E-state index contributed by atoms with van der Waals surface area (Å²) in [5.74, 6) is 1.93. The topological polar surface area (TPSA) is 38.7 Å². The minimum atomic E-state index is 0.643. The summed E-state index contributed by atoms with van der Waals surface area (Å²) in [7, 11) is 0. The van der Waals surface area contributed by atoms with Crippen LogP contribution < -0.4 is 0 Å². The van der Waals surface area contributed by atoms with Crippen molar-refractivity contribution in [2.75, 3.05) is 0 Å². The molecule has 0 N–H and O–H groups in total. The monoisotopic (exact) mass is 661 g/mol. The van der Waals surface area contributed by atoms with E-state index in [1.165, 1.54) is 32.7 Å². The predicted molar refractivity (Wildman–Crippen MR) is 217 cm³/mol. The van der Waals surface area contributed by atoms with Gasteiger partial charge in [0.25, 0.3) is 0 Å². The standard InChI is InChI=1S/C49H31N3/c1-3-13-32(14-4-1)38-30-35-18-8-10-20-40(35)46(31-38)49-51-47(34-16-5-2-6-17-34)50-48(52-49)45-28-27-42(43-21-11-12-22-44(43)45)37-25-26-41-36(29-37)24-23-33-15-7-9-19-39(33)41/h1-31H. The van der Waals surface area contributed by atoms with Crippen LogP contribution in [0.2, 0.25) is 0 Å². The van der Waals surface area contributed by atoms with Gasteiger partial charge in [-0.3, -0.25) is 0 Å². The number of benzene rings is 9. The SMILES string of the molecule is c1ccc(-c2cc(-c3nc(-c4ccccc4)nc(-c4ccc(-c5ccc6c(ccc7ccccc76)c5)c5ccccc45)n3)c3ccccc3c2)cc1. The van der Waals surface area contributed by atoms with Crippen LogP contribution in [0.1, 0.15) is 0 Å². The summed E-state index contributed by atoms with van der Waals surface area (Å²) in [4.78, 5) is 15.6. The van der Waals surface area contributed by atoms with Crippen molar-refractivity contribution in [3.8, 4) is 56.4 Å². The molecule has 3 heteroatoms. The molecule has 52 heavy (non-hydrogen) atoms. The summed E-state index contributed by atoms with van der Waals surface area (Å²) in [6.45, 7) is 0. The maximum absolute atomic E-state index is 5.28. The first-order valence-corrected chi connectivity index (χ1v) is 17.6. The van der Waals surface area contributed by atoms with Crippen LogP contribution in [0.25, 0.3) is 99.5 Å². The number of nitrogens with zero attached hydrogens (tertiary/aromatic N) is 3. The van der Waals surface area contributed by atoms with Crippen molar-refractivity contribution in [3.63, 3.8) is 0 Å². The zero-order valence-electron chi connectivity index (χ0n) is 28.2. The maximum Gasteiger partial charge on any atom is 0.164 e. The van der Waals surface area contributed by atoms with E-state index >= 15 is 0 Å². The van der Waals surface area contributed by atoms with Crippen molar-refractivity contribution in [2.24, 2.45) is 0 Å². The molecule has 242 valence electrons. The molecule has 0 spiro atoms. The van der Waals surface area contributed by atoms with Gasteiger partial charge in [-0.05, 0) is 89.6 Å². The van der Waals surface area contributed by atoms with E-state index in [0.717, 1.165) is 49.4 Å². The predicted octanol–water partition coefficient (Wildman–Crippen LogP) is 12.8. The Labute approximate surface area is 301 Å². The normalized spacial score (nSPS) is 11.5. The maximum atomic E-state index is 5.28. The van der Waals surface area contributed by atoms with Crippen molar-refractivity contribution in [1.82, 2.24) is 15.0 Å². The molecule has 1 aromatic heterocycles. The summed E-state index contributed by atoms with van der Waals surface area (Å²) in [6, 6.07) is 66.5. The van der Waals surface area contributed by atoms with Crippen LogP contribution in [0.4, 0.5) is 0 Å². The first kappa shape index (κ1) is 29.9. The van der Waals surface area contributed by atoms with Gasteiger partial charge < -0.3 is 0 Å². The van der Waals surface area contributed by atoms with Crippen LogP contribution in [-0.4, -0.2) is 15.0 Å². The van der Waals surface area contributed by atoms with Crippen LogP contribution >= 0.6 is 0 Å². The fourth-order valence-electron chi connectivity index (χ4n) is 7.55. The summed E-state index contributed by atoms with van der Waals surface area (Å²) >= 11 is 0. The minimum absolute atomic E-state index is 0.643. The zero-order chi connectivity index (χ0) is 34.4. The Morgan fingerprint density at radius 2 is 0.731 bits per heavy atom. The largest absolute Gasteiger partial charge is 0.208 e. The van der Waals surface area contributed by atoms with Gasteiger partial charge in [-0.1, -0.05) is 164 Å². The van der Waals surface area contributed by atoms with E-state index in [9.17, 15) is 0 Å². The van der Waals surface area contributed by atoms with Gasteiger partial charge >= 0.3 is 0 Å².